The molecule has 1 aliphatic carbocycles. The van der Waals surface area contributed by atoms with E-state index >= 15 is 0 Å². The predicted molar refractivity (Wildman–Crippen MR) is 82.9 cm³/mol. The zero-order valence-corrected chi connectivity index (χ0v) is 13.4. The summed E-state index contributed by atoms with van der Waals surface area (Å²) in [5.41, 5.74) is 0. The van der Waals surface area contributed by atoms with E-state index < -0.39 is 0 Å². The van der Waals surface area contributed by atoms with E-state index in [1.807, 2.05) is 4.90 Å². The van der Waals surface area contributed by atoms with E-state index in [2.05, 4.69) is 10.2 Å². The lowest BCUT2D eigenvalue weighted by Gasteiger charge is -2.35. The predicted octanol–water partition coefficient (Wildman–Crippen LogP) is 0.515. The minimum absolute atomic E-state index is 0. The SMILES string of the molecule is Cl.Cl.O=C(CC1COCCN1)N1CCN(C2CC2)CC1. The normalized spacial score (nSPS) is 27.4. The molecule has 1 atom stereocenters. The molecule has 1 amide bonds. The second-order valence-corrected chi connectivity index (χ2v) is 5.58. The third kappa shape index (κ3) is 4.74. The first-order valence-corrected chi connectivity index (χ1v) is 7.16. The number of ether oxygens (including phenoxy) is 1. The molecular formula is C13H25Cl2N3O2. The summed E-state index contributed by atoms with van der Waals surface area (Å²) in [6, 6.07) is 1.04. The Labute approximate surface area is 133 Å². The first-order chi connectivity index (χ1) is 8.83. The molecule has 3 aliphatic rings. The number of carbonyl (C=O) groups is 1. The van der Waals surface area contributed by atoms with Crippen LogP contribution in [0.25, 0.3) is 0 Å². The summed E-state index contributed by atoms with van der Waals surface area (Å²) >= 11 is 0. The molecule has 2 saturated heterocycles. The Hall–Kier alpha value is -0.0700. The minimum atomic E-state index is 0. The van der Waals surface area contributed by atoms with Gasteiger partial charge in [0.05, 0.1) is 13.2 Å². The Kier molecular flexibility index (Phi) is 7.54. The molecule has 0 spiro atoms. The highest BCUT2D eigenvalue weighted by Gasteiger charge is 2.32. The van der Waals surface area contributed by atoms with Crippen LogP contribution in [-0.2, 0) is 9.53 Å². The molecule has 3 fully saturated rings. The summed E-state index contributed by atoms with van der Waals surface area (Å²) in [5.74, 6) is 0.286. The van der Waals surface area contributed by atoms with Gasteiger partial charge in [0.1, 0.15) is 0 Å². The Morgan fingerprint density at radius 3 is 2.40 bits per heavy atom. The van der Waals surface area contributed by atoms with Crippen LogP contribution in [0.1, 0.15) is 19.3 Å². The standard InChI is InChI=1S/C13H23N3O2.2ClH/c17-13(9-11-10-18-8-3-14-11)16-6-4-15(5-7-16)12-1-2-12;;/h11-12,14H,1-10H2;2*1H. The summed E-state index contributed by atoms with van der Waals surface area (Å²) in [6.45, 7) is 6.24. The lowest BCUT2D eigenvalue weighted by Crippen LogP contribution is -2.51. The van der Waals surface area contributed by atoms with Crippen LogP contribution in [0.15, 0.2) is 0 Å². The highest BCUT2D eigenvalue weighted by Crippen LogP contribution is 2.27. The Bertz CT molecular complexity index is 302. The lowest BCUT2D eigenvalue weighted by molar-refractivity contribution is -0.134. The van der Waals surface area contributed by atoms with E-state index in [1.165, 1.54) is 12.8 Å². The first kappa shape index (κ1) is 18.0. The minimum Gasteiger partial charge on any atom is -0.378 e. The van der Waals surface area contributed by atoms with Crippen LogP contribution in [0.5, 0.6) is 0 Å². The summed E-state index contributed by atoms with van der Waals surface area (Å²) in [4.78, 5) is 16.7. The fourth-order valence-electron chi connectivity index (χ4n) is 2.87. The van der Waals surface area contributed by atoms with Gasteiger partial charge in [-0.25, -0.2) is 0 Å². The van der Waals surface area contributed by atoms with Crippen LogP contribution in [0.2, 0.25) is 0 Å². The van der Waals surface area contributed by atoms with Gasteiger partial charge in [0.2, 0.25) is 5.91 Å². The van der Waals surface area contributed by atoms with Gasteiger partial charge in [0, 0.05) is 51.2 Å². The van der Waals surface area contributed by atoms with Crippen molar-refractivity contribution in [3.05, 3.63) is 0 Å². The van der Waals surface area contributed by atoms with Gasteiger partial charge in [-0.1, -0.05) is 0 Å². The quantitative estimate of drug-likeness (QED) is 0.821. The van der Waals surface area contributed by atoms with Gasteiger partial charge in [-0.3, -0.25) is 9.69 Å². The molecule has 0 aromatic carbocycles. The molecule has 0 bridgehead atoms. The molecule has 0 aromatic heterocycles. The average Bonchev–Trinajstić information content (AvgIpc) is 3.24. The number of nitrogens with one attached hydrogen (secondary N) is 1. The van der Waals surface area contributed by atoms with Gasteiger partial charge in [-0.2, -0.15) is 0 Å². The van der Waals surface area contributed by atoms with Crippen molar-refractivity contribution in [3.8, 4) is 0 Å². The number of amides is 1. The number of nitrogens with zero attached hydrogens (tertiary/aromatic N) is 2. The number of hydrogen-bond donors (Lipinski definition) is 1. The molecule has 1 unspecified atom stereocenters. The Balaban J connectivity index is 0.000001000. The second kappa shape index (κ2) is 8.39. The number of halogens is 2. The Morgan fingerprint density at radius 2 is 1.85 bits per heavy atom. The Morgan fingerprint density at radius 1 is 1.15 bits per heavy atom. The van der Waals surface area contributed by atoms with Crippen LogP contribution in [0, 0.1) is 0 Å². The highest BCUT2D eigenvalue weighted by atomic mass is 35.5. The zero-order chi connectivity index (χ0) is 12.4. The molecular weight excluding hydrogens is 301 g/mol. The molecule has 2 aliphatic heterocycles. The van der Waals surface area contributed by atoms with Gasteiger partial charge >= 0.3 is 0 Å². The zero-order valence-electron chi connectivity index (χ0n) is 11.8. The number of carbonyl (C=O) groups excluding carboxylic acids is 1. The van der Waals surface area contributed by atoms with E-state index in [9.17, 15) is 4.79 Å². The molecule has 0 radical (unpaired) electrons. The van der Waals surface area contributed by atoms with Gasteiger partial charge in [-0.15, -0.1) is 24.8 Å². The summed E-state index contributed by atoms with van der Waals surface area (Å²) in [7, 11) is 0. The van der Waals surface area contributed by atoms with Crippen molar-refractivity contribution < 1.29 is 9.53 Å². The maximum Gasteiger partial charge on any atom is 0.224 e. The van der Waals surface area contributed by atoms with Crippen LogP contribution in [0.4, 0.5) is 0 Å². The summed E-state index contributed by atoms with van der Waals surface area (Å²) in [6.07, 6.45) is 3.30. The van der Waals surface area contributed by atoms with E-state index in [1.54, 1.807) is 0 Å². The van der Waals surface area contributed by atoms with Gasteiger partial charge in [0.15, 0.2) is 0 Å². The molecule has 2 heterocycles. The van der Waals surface area contributed by atoms with Crippen molar-refractivity contribution in [3.63, 3.8) is 0 Å². The van der Waals surface area contributed by atoms with Gasteiger partial charge < -0.3 is 15.0 Å². The largest absolute Gasteiger partial charge is 0.378 e. The van der Waals surface area contributed by atoms with Crippen molar-refractivity contribution in [2.45, 2.75) is 31.3 Å². The van der Waals surface area contributed by atoms with Crippen molar-refractivity contribution in [1.29, 1.82) is 0 Å². The lowest BCUT2D eigenvalue weighted by atomic mass is 10.1. The number of rotatable bonds is 3. The van der Waals surface area contributed by atoms with Crippen LogP contribution >= 0.6 is 24.8 Å². The summed E-state index contributed by atoms with van der Waals surface area (Å²) < 4.78 is 5.39. The fraction of sp³-hybridized carbons (Fsp3) is 0.923. The molecule has 0 aromatic rings. The number of hydrogen-bond acceptors (Lipinski definition) is 4. The van der Waals surface area contributed by atoms with E-state index in [4.69, 9.17) is 4.74 Å². The van der Waals surface area contributed by atoms with Gasteiger partial charge in [0.25, 0.3) is 0 Å². The van der Waals surface area contributed by atoms with Crippen LogP contribution < -0.4 is 5.32 Å². The van der Waals surface area contributed by atoms with E-state index in [0.717, 1.165) is 45.4 Å². The maximum atomic E-state index is 12.2. The molecule has 1 N–H and O–H groups in total. The maximum absolute atomic E-state index is 12.2. The van der Waals surface area contributed by atoms with Crippen molar-refractivity contribution in [2.75, 3.05) is 45.9 Å². The monoisotopic (exact) mass is 325 g/mol. The highest BCUT2D eigenvalue weighted by molar-refractivity contribution is 5.85. The molecule has 20 heavy (non-hydrogen) atoms. The number of morpholine rings is 1. The average molecular weight is 326 g/mol. The molecule has 3 rings (SSSR count). The smallest absolute Gasteiger partial charge is 0.224 e. The second-order valence-electron chi connectivity index (χ2n) is 5.58. The molecule has 7 heteroatoms. The van der Waals surface area contributed by atoms with Crippen molar-refractivity contribution >= 4 is 30.7 Å². The molecule has 1 saturated carbocycles. The first-order valence-electron chi connectivity index (χ1n) is 7.16. The fourth-order valence-corrected chi connectivity index (χ4v) is 2.87. The van der Waals surface area contributed by atoms with E-state index in [0.29, 0.717) is 13.0 Å². The van der Waals surface area contributed by atoms with Crippen molar-refractivity contribution in [1.82, 2.24) is 15.1 Å². The topological polar surface area (TPSA) is 44.8 Å². The summed E-state index contributed by atoms with van der Waals surface area (Å²) in [5, 5.41) is 3.34. The number of piperazine rings is 1. The third-order valence-corrected chi connectivity index (χ3v) is 4.15. The van der Waals surface area contributed by atoms with Crippen LogP contribution in [0.3, 0.4) is 0 Å². The van der Waals surface area contributed by atoms with Crippen molar-refractivity contribution in [2.24, 2.45) is 0 Å². The molecule has 5 nitrogen and oxygen atoms in total. The van der Waals surface area contributed by atoms with E-state index in [-0.39, 0.29) is 36.8 Å². The van der Waals surface area contributed by atoms with Gasteiger partial charge in [-0.05, 0) is 12.8 Å². The molecule has 118 valence electrons. The third-order valence-electron chi connectivity index (χ3n) is 4.15. The van der Waals surface area contributed by atoms with Crippen LogP contribution in [-0.4, -0.2) is 73.7 Å².